The number of nitrogens with zero attached hydrogens (tertiary/aromatic N) is 1. The molecule has 0 aliphatic heterocycles. The van der Waals surface area contributed by atoms with Crippen LogP contribution in [-0.4, -0.2) is 17.2 Å². The molecule has 2 fully saturated rings. The fourth-order valence-corrected chi connectivity index (χ4v) is 3.97. The standard InChI is InChI=1S/C18H22N2O2/c1-12-17(2,3)14-8-9-18(12,10-14)16(22)20-19-11-13-4-6-15(21)7-5-13/h4-7,11,14,21H,1,8-10H2,2-3H3,(H,20,22)/b19-11-. The third kappa shape index (κ3) is 2.14. The van der Waals surface area contributed by atoms with Gasteiger partial charge in [-0.3, -0.25) is 4.79 Å². The summed E-state index contributed by atoms with van der Waals surface area (Å²) in [5, 5.41) is 13.3. The van der Waals surface area contributed by atoms with Gasteiger partial charge in [0.05, 0.1) is 11.6 Å². The Kier molecular flexibility index (Phi) is 3.35. The lowest BCUT2D eigenvalue weighted by Crippen LogP contribution is -2.39. The van der Waals surface area contributed by atoms with Crippen molar-refractivity contribution in [3.63, 3.8) is 0 Å². The molecule has 0 saturated heterocycles. The van der Waals surface area contributed by atoms with Gasteiger partial charge in [0.15, 0.2) is 0 Å². The zero-order chi connectivity index (χ0) is 16.0. The van der Waals surface area contributed by atoms with Crippen molar-refractivity contribution < 1.29 is 9.90 Å². The highest BCUT2D eigenvalue weighted by Crippen LogP contribution is 2.65. The van der Waals surface area contributed by atoms with E-state index in [0.29, 0.717) is 5.92 Å². The normalized spacial score (nSPS) is 29.2. The molecule has 2 saturated carbocycles. The molecule has 1 amide bonds. The summed E-state index contributed by atoms with van der Waals surface area (Å²) in [6.07, 6.45) is 4.43. The number of aromatic hydroxyl groups is 1. The van der Waals surface area contributed by atoms with E-state index in [1.807, 2.05) is 0 Å². The molecule has 2 aliphatic carbocycles. The van der Waals surface area contributed by atoms with Gasteiger partial charge in [-0.1, -0.05) is 26.0 Å². The molecule has 1 aromatic carbocycles. The monoisotopic (exact) mass is 298 g/mol. The first-order chi connectivity index (χ1) is 10.4. The summed E-state index contributed by atoms with van der Waals surface area (Å²) in [4.78, 5) is 12.6. The van der Waals surface area contributed by atoms with Gasteiger partial charge in [-0.15, -0.1) is 0 Å². The Morgan fingerprint density at radius 2 is 2.09 bits per heavy atom. The van der Waals surface area contributed by atoms with E-state index < -0.39 is 5.41 Å². The number of carbonyl (C=O) groups is 1. The molecule has 2 N–H and O–H groups in total. The Morgan fingerprint density at radius 1 is 1.41 bits per heavy atom. The van der Waals surface area contributed by atoms with Crippen molar-refractivity contribution in [1.29, 1.82) is 0 Å². The van der Waals surface area contributed by atoms with Crippen molar-refractivity contribution in [2.75, 3.05) is 0 Å². The molecule has 0 heterocycles. The maximum Gasteiger partial charge on any atom is 0.250 e. The Bertz CT molecular complexity index is 646. The minimum absolute atomic E-state index is 0.0380. The van der Waals surface area contributed by atoms with Crippen molar-refractivity contribution in [2.45, 2.75) is 33.1 Å². The Morgan fingerprint density at radius 3 is 2.68 bits per heavy atom. The van der Waals surface area contributed by atoms with Crippen molar-refractivity contribution in [3.8, 4) is 5.75 Å². The van der Waals surface area contributed by atoms with Gasteiger partial charge < -0.3 is 5.11 Å². The first-order valence-electron chi connectivity index (χ1n) is 7.69. The fourth-order valence-electron chi connectivity index (χ4n) is 3.97. The molecule has 2 atom stereocenters. The number of hydrogen-bond acceptors (Lipinski definition) is 3. The zero-order valence-electron chi connectivity index (χ0n) is 13.1. The summed E-state index contributed by atoms with van der Waals surface area (Å²) < 4.78 is 0. The lowest BCUT2D eigenvalue weighted by Gasteiger charge is -2.36. The van der Waals surface area contributed by atoms with Crippen LogP contribution in [0.1, 0.15) is 38.7 Å². The van der Waals surface area contributed by atoms with Crippen LogP contribution in [0.4, 0.5) is 0 Å². The Labute approximate surface area is 130 Å². The van der Waals surface area contributed by atoms with E-state index in [4.69, 9.17) is 0 Å². The van der Waals surface area contributed by atoms with Crippen LogP contribution < -0.4 is 5.43 Å². The third-order valence-corrected chi connectivity index (χ3v) is 5.60. The van der Waals surface area contributed by atoms with Crippen LogP contribution in [-0.2, 0) is 4.79 Å². The molecule has 1 aromatic rings. The van der Waals surface area contributed by atoms with Gasteiger partial charge in [-0.25, -0.2) is 5.43 Å². The quantitative estimate of drug-likeness (QED) is 0.511. The highest BCUT2D eigenvalue weighted by molar-refractivity contribution is 5.89. The summed E-state index contributed by atoms with van der Waals surface area (Å²) in [6.45, 7) is 8.60. The van der Waals surface area contributed by atoms with Crippen LogP contribution in [0, 0.1) is 16.7 Å². The summed E-state index contributed by atoms with van der Waals surface area (Å²) in [6, 6.07) is 6.66. The first kappa shape index (κ1) is 14.8. The molecule has 2 bridgehead atoms. The molecule has 116 valence electrons. The van der Waals surface area contributed by atoms with Gasteiger partial charge in [-0.05, 0) is 60.4 Å². The Balaban J connectivity index is 1.70. The summed E-state index contributed by atoms with van der Waals surface area (Å²) in [5.41, 5.74) is 4.15. The van der Waals surface area contributed by atoms with Crippen LogP contribution >= 0.6 is 0 Å². The van der Waals surface area contributed by atoms with Gasteiger partial charge in [0.2, 0.25) is 5.91 Å². The molecule has 4 heteroatoms. The highest BCUT2D eigenvalue weighted by Gasteiger charge is 2.60. The van der Waals surface area contributed by atoms with E-state index in [0.717, 1.165) is 30.4 Å². The number of nitrogens with one attached hydrogen (secondary N) is 1. The molecule has 4 nitrogen and oxygen atoms in total. The van der Waals surface area contributed by atoms with Gasteiger partial charge in [0, 0.05) is 0 Å². The average molecular weight is 298 g/mol. The van der Waals surface area contributed by atoms with E-state index in [1.54, 1.807) is 30.5 Å². The van der Waals surface area contributed by atoms with Crippen LogP contribution in [0.25, 0.3) is 0 Å². The number of amides is 1. The van der Waals surface area contributed by atoms with Crippen molar-refractivity contribution in [1.82, 2.24) is 5.43 Å². The molecule has 22 heavy (non-hydrogen) atoms. The number of rotatable bonds is 3. The number of phenols is 1. The number of hydrazone groups is 1. The second-order valence-corrected chi connectivity index (χ2v) is 7.01. The lowest BCUT2D eigenvalue weighted by atomic mass is 9.68. The molecule has 0 spiro atoms. The predicted molar refractivity (Wildman–Crippen MR) is 86.5 cm³/mol. The van der Waals surface area contributed by atoms with Crippen LogP contribution in [0.5, 0.6) is 5.75 Å². The SMILES string of the molecule is C=C1C2(C(=O)N/N=C\c3ccc(O)cc3)CCC(C2)C1(C)C. The maximum atomic E-state index is 12.6. The third-order valence-electron chi connectivity index (χ3n) is 5.60. The molecule has 0 aromatic heterocycles. The number of hydrogen-bond donors (Lipinski definition) is 2. The highest BCUT2D eigenvalue weighted by atomic mass is 16.3. The number of carbonyl (C=O) groups excluding carboxylic acids is 1. The second-order valence-electron chi connectivity index (χ2n) is 7.01. The predicted octanol–water partition coefficient (Wildman–Crippen LogP) is 3.22. The van der Waals surface area contributed by atoms with Crippen LogP contribution in [0.2, 0.25) is 0 Å². The van der Waals surface area contributed by atoms with Gasteiger partial charge in [0.1, 0.15) is 5.75 Å². The minimum Gasteiger partial charge on any atom is -0.508 e. The summed E-state index contributed by atoms with van der Waals surface area (Å²) >= 11 is 0. The van der Waals surface area contributed by atoms with Gasteiger partial charge >= 0.3 is 0 Å². The van der Waals surface area contributed by atoms with E-state index in [2.05, 4.69) is 31.0 Å². The fraction of sp³-hybridized carbons (Fsp3) is 0.444. The minimum atomic E-state index is -0.444. The molecule has 3 rings (SSSR count). The molecular formula is C18H22N2O2. The summed E-state index contributed by atoms with van der Waals surface area (Å²) in [5.74, 6) is 0.717. The van der Waals surface area contributed by atoms with E-state index >= 15 is 0 Å². The van der Waals surface area contributed by atoms with Crippen molar-refractivity contribution >= 4 is 12.1 Å². The topological polar surface area (TPSA) is 61.7 Å². The second kappa shape index (κ2) is 4.97. The summed E-state index contributed by atoms with van der Waals surface area (Å²) in [7, 11) is 0. The Hall–Kier alpha value is -2.10. The first-order valence-corrected chi connectivity index (χ1v) is 7.69. The van der Waals surface area contributed by atoms with E-state index in [1.165, 1.54) is 0 Å². The maximum absolute atomic E-state index is 12.6. The van der Waals surface area contributed by atoms with Gasteiger partial charge in [0.25, 0.3) is 0 Å². The molecule has 2 aliphatic rings. The number of phenolic OH excluding ortho intramolecular Hbond substituents is 1. The van der Waals surface area contributed by atoms with Crippen molar-refractivity contribution in [2.24, 2.45) is 21.8 Å². The van der Waals surface area contributed by atoms with Crippen LogP contribution in [0.3, 0.4) is 0 Å². The molecular weight excluding hydrogens is 276 g/mol. The number of benzene rings is 1. The largest absolute Gasteiger partial charge is 0.508 e. The van der Waals surface area contributed by atoms with E-state index in [9.17, 15) is 9.90 Å². The number of fused-ring (bicyclic) bond motifs is 2. The lowest BCUT2D eigenvalue weighted by molar-refractivity contribution is -0.128. The molecule has 0 radical (unpaired) electrons. The smallest absolute Gasteiger partial charge is 0.250 e. The van der Waals surface area contributed by atoms with E-state index in [-0.39, 0.29) is 17.1 Å². The average Bonchev–Trinajstić information content (AvgIpc) is 3.01. The van der Waals surface area contributed by atoms with Gasteiger partial charge in [-0.2, -0.15) is 5.10 Å². The van der Waals surface area contributed by atoms with Crippen LogP contribution in [0.15, 0.2) is 41.5 Å². The zero-order valence-corrected chi connectivity index (χ0v) is 13.1. The van der Waals surface area contributed by atoms with Crippen molar-refractivity contribution in [3.05, 3.63) is 42.0 Å². The molecule has 2 unspecified atom stereocenters.